The van der Waals surface area contributed by atoms with Crippen LogP contribution < -0.4 is 10.0 Å². The van der Waals surface area contributed by atoms with Gasteiger partial charge in [0.25, 0.3) is 0 Å². The molecule has 0 saturated carbocycles. The van der Waals surface area contributed by atoms with Crippen LogP contribution in [0.1, 0.15) is 13.8 Å². The molecule has 0 aromatic carbocycles. The molecule has 1 amide bonds. The fraction of sp³-hybridized carbons (Fsp3) is 0.588. The molecular formula is C17H29IN6O4S. The second-order valence-electron chi connectivity index (χ2n) is 6.00. The summed E-state index contributed by atoms with van der Waals surface area (Å²) in [6, 6.07) is 3.07. The molecule has 1 saturated heterocycles. The van der Waals surface area contributed by atoms with Crippen molar-refractivity contribution >= 4 is 46.1 Å². The number of piperazine rings is 1. The van der Waals surface area contributed by atoms with Crippen LogP contribution >= 0.6 is 24.0 Å². The van der Waals surface area contributed by atoms with Crippen LogP contribution in [0.5, 0.6) is 0 Å². The van der Waals surface area contributed by atoms with Gasteiger partial charge in [-0.15, -0.1) is 24.0 Å². The number of carbonyl (C=O) groups excluding carboxylic acids is 1. The van der Waals surface area contributed by atoms with Crippen molar-refractivity contribution in [2.75, 3.05) is 52.4 Å². The lowest BCUT2D eigenvalue weighted by Crippen LogP contribution is -2.54. The standard InChI is InChI=1S/C17H28N6O4S.HI/c1-3-19-16(22-10-12-23(13-11-22)17(24)27-4-2)20-8-9-21-28(25,26)15-6-5-7-18-14-15;/h5-7,14,21H,3-4,8-13H2,1-2H3,(H,19,20);1H. The summed E-state index contributed by atoms with van der Waals surface area (Å²) >= 11 is 0. The Bertz CT molecular complexity index is 754. The lowest BCUT2D eigenvalue weighted by molar-refractivity contribution is 0.0914. The number of ether oxygens (including phenoxy) is 1. The van der Waals surface area contributed by atoms with Crippen molar-refractivity contribution in [1.82, 2.24) is 24.8 Å². The Morgan fingerprint density at radius 1 is 1.24 bits per heavy atom. The number of nitrogens with zero attached hydrogens (tertiary/aromatic N) is 4. The predicted octanol–water partition coefficient (Wildman–Crippen LogP) is 0.718. The van der Waals surface area contributed by atoms with Crippen LogP contribution in [0, 0.1) is 0 Å². The van der Waals surface area contributed by atoms with Gasteiger partial charge in [-0.3, -0.25) is 9.98 Å². The second kappa shape index (κ2) is 12.8. The van der Waals surface area contributed by atoms with Crippen molar-refractivity contribution in [3.8, 4) is 0 Å². The number of halogens is 1. The molecule has 10 nitrogen and oxygen atoms in total. The van der Waals surface area contributed by atoms with Gasteiger partial charge in [-0.2, -0.15) is 0 Å². The van der Waals surface area contributed by atoms with E-state index < -0.39 is 10.0 Å². The molecule has 2 heterocycles. The molecule has 0 atom stereocenters. The quantitative estimate of drug-likeness (QED) is 0.227. The fourth-order valence-electron chi connectivity index (χ4n) is 2.67. The van der Waals surface area contributed by atoms with Gasteiger partial charge in [0.15, 0.2) is 5.96 Å². The van der Waals surface area contributed by atoms with Crippen molar-refractivity contribution in [2.24, 2.45) is 4.99 Å². The lowest BCUT2D eigenvalue weighted by Gasteiger charge is -2.35. The van der Waals surface area contributed by atoms with Crippen molar-refractivity contribution in [1.29, 1.82) is 0 Å². The van der Waals surface area contributed by atoms with Crippen LogP contribution in [0.25, 0.3) is 0 Å². The van der Waals surface area contributed by atoms with E-state index in [4.69, 9.17) is 4.74 Å². The Balaban J connectivity index is 0.00000420. The maximum atomic E-state index is 12.2. The molecule has 1 aliphatic rings. The molecule has 0 unspecified atom stereocenters. The Labute approximate surface area is 189 Å². The van der Waals surface area contributed by atoms with E-state index in [0.717, 1.165) is 0 Å². The number of sulfonamides is 1. The first-order valence-corrected chi connectivity index (χ1v) is 10.8. The highest BCUT2D eigenvalue weighted by Crippen LogP contribution is 2.06. The molecule has 164 valence electrons. The van der Waals surface area contributed by atoms with Crippen LogP contribution in [-0.2, 0) is 14.8 Å². The Morgan fingerprint density at radius 3 is 2.52 bits per heavy atom. The van der Waals surface area contributed by atoms with E-state index in [-0.39, 0.29) is 41.5 Å². The first-order chi connectivity index (χ1) is 13.5. The molecule has 1 aliphatic heterocycles. The third kappa shape index (κ3) is 7.93. The van der Waals surface area contributed by atoms with Crippen LogP contribution in [0.2, 0.25) is 0 Å². The van der Waals surface area contributed by atoms with E-state index in [2.05, 4.69) is 24.9 Å². The molecule has 29 heavy (non-hydrogen) atoms. The number of aromatic nitrogens is 1. The van der Waals surface area contributed by atoms with Crippen molar-refractivity contribution < 1.29 is 17.9 Å². The Morgan fingerprint density at radius 2 is 1.93 bits per heavy atom. The van der Waals surface area contributed by atoms with E-state index in [1.54, 1.807) is 17.9 Å². The van der Waals surface area contributed by atoms with Crippen LogP contribution in [0.15, 0.2) is 34.4 Å². The van der Waals surface area contributed by atoms with Crippen LogP contribution in [0.3, 0.4) is 0 Å². The van der Waals surface area contributed by atoms with Gasteiger partial charge in [0.2, 0.25) is 10.0 Å². The maximum absolute atomic E-state index is 12.2. The van der Waals surface area contributed by atoms with Gasteiger partial charge in [0.05, 0.1) is 13.2 Å². The van der Waals surface area contributed by atoms with E-state index >= 15 is 0 Å². The largest absolute Gasteiger partial charge is 0.450 e. The average molecular weight is 540 g/mol. The molecule has 2 rings (SSSR count). The van der Waals surface area contributed by atoms with Crippen LogP contribution in [0.4, 0.5) is 4.79 Å². The highest BCUT2D eigenvalue weighted by Gasteiger charge is 2.23. The van der Waals surface area contributed by atoms with Crippen LogP contribution in [-0.4, -0.2) is 87.7 Å². The molecule has 12 heteroatoms. The highest BCUT2D eigenvalue weighted by atomic mass is 127. The van der Waals surface area contributed by atoms with Crippen molar-refractivity contribution in [3.05, 3.63) is 24.5 Å². The van der Waals surface area contributed by atoms with Gasteiger partial charge in [-0.1, -0.05) is 0 Å². The van der Waals surface area contributed by atoms with E-state index in [0.29, 0.717) is 51.8 Å². The smallest absolute Gasteiger partial charge is 0.409 e. The Kier molecular flexibility index (Phi) is 11.2. The van der Waals surface area contributed by atoms with E-state index in [1.807, 2.05) is 6.92 Å². The molecule has 2 N–H and O–H groups in total. The molecule has 0 radical (unpaired) electrons. The summed E-state index contributed by atoms with van der Waals surface area (Å²) in [4.78, 5) is 24.0. The summed E-state index contributed by atoms with van der Waals surface area (Å²) in [6.07, 6.45) is 2.53. The summed E-state index contributed by atoms with van der Waals surface area (Å²) in [5.74, 6) is 0.701. The number of pyridine rings is 1. The van der Waals surface area contributed by atoms with Gasteiger partial charge in [-0.05, 0) is 26.0 Å². The predicted molar refractivity (Wildman–Crippen MR) is 121 cm³/mol. The third-order valence-corrected chi connectivity index (χ3v) is 5.50. The van der Waals surface area contributed by atoms with Gasteiger partial charge < -0.3 is 19.9 Å². The molecule has 0 bridgehead atoms. The molecule has 1 aromatic rings. The number of hydrogen-bond acceptors (Lipinski definition) is 6. The zero-order valence-electron chi connectivity index (χ0n) is 16.7. The summed E-state index contributed by atoms with van der Waals surface area (Å²) in [7, 11) is -3.59. The topological polar surface area (TPSA) is 116 Å². The summed E-state index contributed by atoms with van der Waals surface area (Å²) in [5.41, 5.74) is 0. The average Bonchev–Trinajstić information content (AvgIpc) is 2.71. The number of rotatable bonds is 7. The lowest BCUT2D eigenvalue weighted by atomic mass is 10.3. The maximum Gasteiger partial charge on any atom is 0.409 e. The normalized spacial score (nSPS) is 14.9. The number of hydrogen-bond donors (Lipinski definition) is 2. The number of carbonyl (C=O) groups is 1. The zero-order valence-corrected chi connectivity index (χ0v) is 19.9. The van der Waals surface area contributed by atoms with Gasteiger partial charge >= 0.3 is 6.09 Å². The van der Waals surface area contributed by atoms with Crippen molar-refractivity contribution in [3.63, 3.8) is 0 Å². The van der Waals surface area contributed by atoms with E-state index in [9.17, 15) is 13.2 Å². The highest BCUT2D eigenvalue weighted by molar-refractivity contribution is 14.0. The number of guanidine groups is 1. The fourth-order valence-corrected chi connectivity index (χ4v) is 3.66. The molecule has 0 spiro atoms. The first kappa shape index (κ1) is 25.4. The summed E-state index contributed by atoms with van der Waals surface area (Å²) in [5, 5.41) is 3.20. The molecule has 1 fully saturated rings. The minimum atomic E-state index is -3.59. The monoisotopic (exact) mass is 540 g/mol. The molecular weight excluding hydrogens is 511 g/mol. The molecule has 0 aliphatic carbocycles. The third-order valence-electron chi connectivity index (χ3n) is 4.05. The zero-order chi connectivity index (χ0) is 20.4. The van der Waals surface area contributed by atoms with Gasteiger partial charge in [0, 0.05) is 51.7 Å². The van der Waals surface area contributed by atoms with Gasteiger partial charge in [-0.25, -0.2) is 17.9 Å². The van der Waals surface area contributed by atoms with Crippen molar-refractivity contribution in [2.45, 2.75) is 18.7 Å². The number of aliphatic imine (C=N–C) groups is 1. The summed E-state index contributed by atoms with van der Waals surface area (Å²) < 4.78 is 31.9. The SMILES string of the molecule is CCNC(=NCCNS(=O)(=O)c1cccnc1)N1CCN(C(=O)OCC)CC1.I. The first-order valence-electron chi connectivity index (χ1n) is 9.32. The minimum absolute atomic E-state index is 0. The van der Waals surface area contributed by atoms with E-state index in [1.165, 1.54) is 18.5 Å². The number of nitrogens with one attached hydrogen (secondary N) is 2. The minimum Gasteiger partial charge on any atom is -0.450 e. The second-order valence-corrected chi connectivity index (χ2v) is 7.76. The Hall–Kier alpha value is -1.67. The number of amides is 1. The summed E-state index contributed by atoms with van der Waals surface area (Å²) in [6.45, 7) is 7.64. The molecule has 1 aromatic heterocycles. The van der Waals surface area contributed by atoms with Gasteiger partial charge in [0.1, 0.15) is 4.90 Å².